The summed E-state index contributed by atoms with van der Waals surface area (Å²) in [5, 5.41) is 5.76. The van der Waals surface area contributed by atoms with E-state index in [2.05, 4.69) is 27.7 Å². The first-order valence-electron chi connectivity index (χ1n) is 8.80. The number of hydrogen-bond donors (Lipinski definition) is 2. The number of urea groups is 1. The van der Waals surface area contributed by atoms with E-state index in [9.17, 15) is 4.79 Å². The van der Waals surface area contributed by atoms with Crippen LogP contribution in [0, 0.1) is 0 Å². The fourth-order valence-electron chi connectivity index (χ4n) is 2.94. The smallest absolute Gasteiger partial charge is 0.319 e. The molecule has 1 heterocycles. The maximum Gasteiger partial charge on any atom is 0.319 e. The molecule has 26 heavy (non-hydrogen) atoms. The number of nitrogens with one attached hydrogen (secondary N) is 2. The number of methoxy groups -OCH3 is 1. The van der Waals surface area contributed by atoms with Crippen molar-refractivity contribution in [1.82, 2.24) is 10.2 Å². The van der Waals surface area contributed by atoms with E-state index in [0.29, 0.717) is 18.0 Å². The van der Waals surface area contributed by atoms with Crippen LogP contribution in [0.1, 0.15) is 11.1 Å². The first-order valence-corrected chi connectivity index (χ1v) is 8.80. The Morgan fingerprint density at radius 1 is 1.12 bits per heavy atom. The second kappa shape index (κ2) is 9.22. The minimum Gasteiger partial charge on any atom is -0.497 e. The highest BCUT2D eigenvalue weighted by molar-refractivity contribution is 5.89. The Kier molecular flexibility index (Phi) is 6.46. The molecular weight excluding hydrogens is 330 g/mol. The first kappa shape index (κ1) is 18.2. The Morgan fingerprint density at radius 3 is 2.65 bits per heavy atom. The van der Waals surface area contributed by atoms with Crippen molar-refractivity contribution in [2.24, 2.45) is 0 Å². The number of anilines is 1. The number of nitrogens with zero attached hydrogens (tertiary/aromatic N) is 1. The maximum absolute atomic E-state index is 12.2. The Labute approximate surface area is 154 Å². The summed E-state index contributed by atoms with van der Waals surface area (Å²) in [6.07, 6.45) is 0. The zero-order valence-electron chi connectivity index (χ0n) is 15.0. The predicted molar refractivity (Wildman–Crippen MR) is 101 cm³/mol. The average molecular weight is 355 g/mol. The number of hydrogen-bond acceptors (Lipinski definition) is 4. The first-order chi connectivity index (χ1) is 12.7. The third-order valence-corrected chi connectivity index (χ3v) is 4.38. The van der Waals surface area contributed by atoms with Crippen molar-refractivity contribution >= 4 is 11.7 Å². The SMILES string of the molecule is COc1cccc(NC(=O)NCc2ccccc2CN2CCOCC2)c1. The van der Waals surface area contributed by atoms with Crippen LogP contribution in [-0.2, 0) is 17.8 Å². The molecule has 0 radical (unpaired) electrons. The molecule has 0 spiro atoms. The van der Waals surface area contributed by atoms with Gasteiger partial charge in [0.15, 0.2) is 0 Å². The van der Waals surface area contributed by atoms with Gasteiger partial charge in [-0.3, -0.25) is 4.90 Å². The standard InChI is InChI=1S/C20H25N3O3/c1-25-19-8-4-7-18(13-19)22-20(24)21-14-16-5-2-3-6-17(16)15-23-9-11-26-12-10-23/h2-8,13H,9-12,14-15H2,1H3,(H2,21,22,24). The molecule has 1 aliphatic heterocycles. The normalized spacial score (nSPS) is 14.7. The van der Waals surface area contributed by atoms with Crippen LogP contribution in [0.4, 0.5) is 10.5 Å². The summed E-state index contributed by atoms with van der Waals surface area (Å²) in [6.45, 7) is 4.80. The number of morpholine rings is 1. The second-order valence-electron chi connectivity index (χ2n) is 6.20. The predicted octanol–water partition coefficient (Wildman–Crippen LogP) is 2.85. The molecule has 1 saturated heterocycles. The summed E-state index contributed by atoms with van der Waals surface area (Å²) < 4.78 is 10.6. The van der Waals surface area contributed by atoms with Gasteiger partial charge in [0.25, 0.3) is 0 Å². The van der Waals surface area contributed by atoms with Crippen molar-refractivity contribution < 1.29 is 14.3 Å². The molecule has 0 aliphatic carbocycles. The quantitative estimate of drug-likeness (QED) is 0.836. The van der Waals surface area contributed by atoms with Crippen molar-refractivity contribution in [3.05, 3.63) is 59.7 Å². The number of carbonyl (C=O) groups excluding carboxylic acids is 1. The zero-order valence-corrected chi connectivity index (χ0v) is 15.0. The molecule has 2 N–H and O–H groups in total. The van der Waals surface area contributed by atoms with Crippen molar-refractivity contribution in [2.75, 3.05) is 38.7 Å². The van der Waals surface area contributed by atoms with E-state index in [4.69, 9.17) is 9.47 Å². The van der Waals surface area contributed by atoms with Crippen LogP contribution in [0.25, 0.3) is 0 Å². The molecule has 6 heteroatoms. The molecule has 0 aromatic heterocycles. The molecule has 1 fully saturated rings. The van der Waals surface area contributed by atoms with Gasteiger partial charge in [0.05, 0.1) is 20.3 Å². The largest absolute Gasteiger partial charge is 0.497 e. The monoisotopic (exact) mass is 355 g/mol. The lowest BCUT2D eigenvalue weighted by Crippen LogP contribution is -2.36. The molecule has 0 atom stereocenters. The van der Waals surface area contributed by atoms with E-state index in [-0.39, 0.29) is 6.03 Å². The van der Waals surface area contributed by atoms with Crippen LogP contribution in [0.15, 0.2) is 48.5 Å². The Bertz CT molecular complexity index is 730. The summed E-state index contributed by atoms with van der Waals surface area (Å²) in [6, 6.07) is 15.3. The van der Waals surface area contributed by atoms with Crippen molar-refractivity contribution in [2.45, 2.75) is 13.1 Å². The van der Waals surface area contributed by atoms with Crippen LogP contribution in [0.5, 0.6) is 5.75 Å². The summed E-state index contributed by atoms with van der Waals surface area (Å²) in [5.41, 5.74) is 3.05. The molecule has 0 saturated carbocycles. The summed E-state index contributed by atoms with van der Waals surface area (Å²) >= 11 is 0. The number of benzene rings is 2. The number of carbonyl (C=O) groups is 1. The number of ether oxygens (including phenoxy) is 2. The summed E-state index contributed by atoms with van der Waals surface area (Å²) in [7, 11) is 1.60. The van der Waals surface area contributed by atoms with Gasteiger partial charge in [-0.15, -0.1) is 0 Å². The van der Waals surface area contributed by atoms with Gasteiger partial charge >= 0.3 is 6.03 Å². The minimum absolute atomic E-state index is 0.237. The van der Waals surface area contributed by atoms with Gasteiger partial charge in [0.1, 0.15) is 5.75 Å². The minimum atomic E-state index is -0.237. The van der Waals surface area contributed by atoms with Gasteiger partial charge in [-0.25, -0.2) is 4.79 Å². The highest BCUT2D eigenvalue weighted by atomic mass is 16.5. The van der Waals surface area contributed by atoms with Gasteiger partial charge in [0, 0.05) is 37.9 Å². The lowest BCUT2D eigenvalue weighted by molar-refractivity contribution is 0.0341. The lowest BCUT2D eigenvalue weighted by Gasteiger charge is -2.27. The van der Waals surface area contributed by atoms with Crippen LogP contribution >= 0.6 is 0 Å². The Hall–Kier alpha value is -2.57. The van der Waals surface area contributed by atoms with Crippen molar-refractivity contribution in [3.8, 4) is 5.75 Å². The molecule has 2 aromatic rings. The van der Waals surface area contributed by atoms with E-state index in [0.717, 1.165) is 38.4 Å². The van der Waals surface area contributed by atoms with Gasteiger partial charge in [-0.2, -0.15) is 0 Å². The van der Waals surface area contributed by atoms with Crippen LogP contribution in [0.2, 0.25) is 0 Å². The fraction of sp³-hybridized carbons (Fsp3) is 0.350. The molecule has 2 amide bonds. The molecule has 0 unspecified atom stereocenters. The van der Waals surface area contributed by atoms with Gasteiger partial charge in [-0.05, 0) is 23.3 Å². The van der Waals surface area contributed by atoms with Crippen molar-refractivity contribution in [3.63, 3.8) is 0 Å². The molecule has 1 aliphatic rings. The van der Waals surface area contributed by atoms with E-state index in [1.807, 2.05) is 30.3 Å². The van der Waals surface area contributed by atoms with E-state index >= 15 is 0 Å². The highest BCUT2D eigenvalue weighted by Crippen LogP contribution is 2.17. The van der Waals surface area contributed by atoms with E-state index in [1.165, 1.54) is 5.56 Å². The fourth-order valence-corrected chi connectivity index (χ4v) is 2.94. The Balaban J connectivity index is 1.56. The summed E-state index contributed by atoms with van der Waals surface area (Å²) in [4.78, 5) is 14.6. The van der Waals surface area contributed by atoms with Gasteiger partial charge in [0.2, 0.25) is 0 Å². The zero-order chi connectivity index (χ0) is 18.2. The van der Waals surface area contributed by atoms with Crippen molar-refractivity contribution in [1.29, 1.82) is 0 Å². The number of amides is 2. The second-order valence-corrected chi connectivity index (χ2v) is 6.20. The molecular formula is C20H25N3O3. The van der Waals surface area contributed by atoms with E-state index < -0.39 is 0 Å². The topological polar surface area (TPSA) is 62.8 Å². The van der Waals surface area contributed by atoms with Crippen LogP contribution in [-0.4, -0.2) is 44.3 Å². The van der Waals surface area contributed by atoms with Gasteiger partial charge in [-0.1, -0.05) is 30.3 Å². The third-order valence-electron chi connectivity index (χ3n) is 4.38. The molecule has 0 bridgehead atoms. The molecule has 3 rings (SSSR count). The molecule has 2 aromatic carbocycles. The van der Waals surface area contributed by atoms with E-state index in [1.54, 1.807) is 13.2 Å². The third kappa shape index (κ3) is 5.21. The van der Waals surface area contributed by atoms with Crippen LogP contribution in [0.3, 0.4) is 0 Å². The molecule has 138 valence electrons. The van der Waals surface area contributed by atoms with Crippen LogP contribution < -0.4 is 15.4 Å². The number of rotatable bonds is 6. The average Bonchev–Trinajstić information content (AvgIpc) is 2.68. The van der Waals surface area contributed by atoms with Gasteiger partial charge < -0.3 is 20.1 Å². The maximum atomic E-state index is 12.2. The lowest BCUT2D eigenvalue weighted by atomic mass is 10.1. The summed E-state index contributed by atoms with van der Waals surface area (Å²) in [5.74, 6) is 0.707. The Morgan fingerprint density at radius 2 is 1.88 bits per heavy atom. The highest BCUT2D eigenvalue weighted by Gasteiger charge is 2.13. The molecule has 6 nitrogen and oxygen atoms in total.